The van der Waals surface area contributed by atoms with Crippen LogP contribution in [0.5, 0.6) is 11.5 Å². The van der Waals surface area contributed by atoms with Gasteiger partial charge in [-0.15, -0.1) is 11.3 Å². The molecule has 0 radical (unpaired) electrons. The highest BCUT2D eigenvalue weighted by atomic mass is 32.1. The highest BCUT2D eigenvalue weighted by molar-refractivity contribution is 7.15. The van der Waals surface area contributed by atoms with Crippen LogP contribution in [0.4, 0.5) is 13.2 Å². The second-order valence-corrected chi connectivity index (χ2v) is 34.9. The number of alkyl halides is 3. The number of ether oxygens (including phenoxy) is 3. The van der Waals surface area contributed by atoms with E-state index in [0.717, 1.165) is 238 Å². The van der Waals surface area contributed by atoms with Gasteiger partial charge in [-0.05, 0) is 224 Å². The number of hydrogen-bond donors (Lipinski definition) is 4. The number of pyridine rings is 4. The van der Waals surface area contributed by atoms with Crippen molar-refractivity contribution in [1.82, 2.24) is 104 Å². The molecule has 0 amide bonds. The van der Waals surface area contributed by atoms with Gasteiger partial charge in [0.25, 0.3) is 0 Å². The maximum absolute atomic E-state index is 12.9. The van der Waals surface area contributed by atoms with Gasteiger partial charge in [-0.3, -0.25) is 38.7 Å². The molecule has 0 aliphatic carbocycles. The zero-order valence-electron chi connectivity index (χ0n) is 75.0. The first kappa shape index (κ1) is 89.6. The zero-order valence-corrected chi connectivity index (χ0v) is 75.8. The Morgan fingerprint density at radius 1 is 0.421 bits per heavy atom. The molecule has 133 heavy (non-hydrogen) atoms. The van der Waals surface area contributed by atoms with Gasteiger partial charge in [0.15, 0.2) is 6.61 Å². The Hall–Kier alpha value is -14.0. The molecule has 4 aromatic carbocycles. The number of aryl methyl sites for hydroxylation is 1. The lowest BCUT2D eigenvalue weighted by molar-refractivity contribution is -0.137. The quantitative estimate of drug-likeness (QED) is 0.0387. The van der Waals surface area contributed by atoms with Gasteiger partial charge in [-0.2, -0.15) is 52.5 Å². The third-order valence-corrected chi connectivity index (χ3v) is 25.9. The summed E-state index contributed by atoms with van der Waals surface area (Å²) in [5, 5.41) is 32.7. The van der Waals surface area contributed by atoms with Crippen molar-refractivity contribution in [3.05, 3.63) is 283 Å². The average Bonchev–Trinajstić information content (AvgIpc) is 1.66. The third-order valence-electron chi connectivity index (χ3n) is 24.7. The molecule has 686 valence electrons. The summed E-state index contributed by atoms with van der Waals surface area (Å²) < 4.78 is 69.4. The second kappa shape index (κ2) is 41.2. The van der Waals surface area contributed by atoms with Crippen molar-refractivity contribution < 1.29 is 51.5 Å². The van der Waals surface area contributed by atoms with Gasteiger partial charge in [-0.25, -0.2) is 9.78 Å². The number of halogens is 3. The fraction of sp³-hybridized carbons (Fsp3) is 0.320. The van der Waals surface area contributed by atoms with Crippen LogP contribution in [0.25, 0.3) is 99.2 Å². The predicted octanol–water partition coefficient (Wildman–Crippen LogP) is 17.2. The van der Waals surface area contributed by atoms with Crippen LogP contribution in [0, 0.1) is 6.92 Å². The number of fused-ring (bicyclic) bond motifs is 4. The molecule has 4 aliphatic rings. The van der Waals surface area contributed by atoms with E-state index in [1.54, 1.807) is 33.4 Å². The topological polar surface area (TPSA) is 285 Å². The van der Waals surface area contributed by atoms with Crippen LogP contribution in [0.1, 0.15) is 144 Å². The lowest BCUT2D eigenvalue weighted by Gasteiger charge is -2.22. The van der Waals surface area contributed by atoms with E-state index in [4.69, 9.17) is 33.6 Å². The molecule has 13 aromatic heterocycles. The number of benzene rings is 4. The fourth-order valence-electron chi connectivity index (χ4n) is 17.0. The summed E-state index contributed by atoms with van der Waals surface area (Å²) in [5.74, 6) is 1.36. The van der Waals surface area contributed by atoms with Crippen molar-refractivity contribution in [2.24, 2.45) is 0 Å². The molecule has 21 rings (SSSR count). The summed E-state index contributed by atoms with van der Waals surface area (Å²) in [6.07, 6.45) is 35.5. The first-order valence-electron chi connectivity index (χ1n) is 45.0. The van der Waals surface area contributed by atoms with Crippen LogP contribution in [-0.2, 0) is 37.3 Å². The molecular weight excluding hydrogens is 1710 g/mol. The lowest BCUT2D eigenvalue weighted by atomic mass is 10.0. The summed E-state index contributed by atoms with van der Waals surface area (Å²) in [4.78, 5) is 60.0. The van der Waals surface area contributed by atoms with E-state index in [2.05, 4.69) is 166 Å². The van der Waals surface area contributed by atoms with E-state index < -0.39 is 17.7 Å². The molecule has 0 atom stereocenters. The molecule has 29 nitrogen and oxygen atoms in total. The van der Waals surface area contributed by atoms with E-state index >= 15 is 0 Å². The minimum Gasteiger partial charge on any atom is -0.497 e. The molecule has 4 fully saturated rings. The highest BCUT2D eigenvalue weighted by Crippen LogP contribution is 2.37. The van der Waals surface area contributed by atoms with Gasteiger partial charge in [0.05, 0.1) is 108 Å². The molecule has 17 heterocycles. The van der Waals surface area contributed by atoms with Crippen molar-refractivity contribution in [1.29, 1.82) is 0 Å². The highest BCUT2D eigenvalue weighted by Gasteiger charge is 2.31. The van der Waals surface area contributed by atoms with E-state index in [-0.39, 0.29) is 6.61 Å². The number of thiazole rings is 1. The number of carbonyl (C=O) groups is 1. The Balaban J connectivity index is 0.000000119. The number of aromatic nitrogens is 17. The van der Waals surface area contributed by atoms with Crippen molar-refractivity contribution in [2.75, 3.05) is 73.7 Å². The molecule has 4 N–H and O–H groups in total. The Morgan fingerprint density at radius 3 is 1.17 bits per heavy atom. The van der Waals surface area contributed by atoms with Crippen molar-refractivity contribution >= 4 is 61.4 Å². The van der Waals surface area contributed by atoms with Crippen LogP contribution in [0.3, 0.4) is 0 Å². The summed E-state index contributed by atoms with van der Waals surface area (Å²) in [7, 11) is 4.53. The number of hydrogen-bond acceptors (Lipinski definition) is 22. The molecular formula is C100H106F3N21O8S. The van der Waals surface area contributed by atoms with Gasteiger partial charge >= 0.3 is 12.1 Å². The van der Waals surface area contributed by atoms with Crippen molar-refractivity contribution in [3.63, 3.8) is 0 Å². The molecule has 0 bridgehead atoms. The van der Waals surface area contributed by atoms with Crippen LogP contribution in [0.2, 0.25) is 0 Å². The Labute approximate surface area is 770 Å². The maximum Gasteiger partial charge on any atom is 0.416 e. The molecule has 0 spiro atoms. The van der Waals surface area contributed by atoms with Gasteiger partial charge in [0.2, 0.25) is 0 Å². The number of rotatable bonds is 25. The fourth-order valence-corrected chi connectivity index (χ4v) is 18.0. The smallest absolute Gasteiger partial charge is 0.416 e. The first-order chi connectivity index (χ1) is 65.0. The summed E-state index contributed by atoms with van der Waals surface area (Å²) >= 11 is 1.41. The number of esters is 1. The molecule has 33 heteroatoms. The zero-order chi connectivity index (χ0) is 91.3. The predicted molar refractivity (Wildman–Crippen MR) is 505 cm³/mol. The minimum absolute atomic E-state index is 0.270. The largest absolute Gasteiger partial charge is 0.497 e. The average molecular weight is 1820 g/mol. The van der Waals surface area contributed by atoms with Gasteiger partial charge in [0, 0.05) is 124 Å². The summed E-state index contributed by atoms with van der Waals surface area (Å²) in [5.41, 5.74) is 20.8. The number of nitrogens with zero attached hydrogens (tertiary/aromatic N) is 17. The molecule has 4 aliphatic heterocycles. The summed E-state index contributed by atoms with van der Waals surface area (Å²) in [6.45, 7) is 16.1. The Bertz CT molecular complexity index is 6780. The number of methoxy groups -OCH3 is 3. The number of piperidine rings is 4. The van der Waals surface area contributed by atoms with Gasteiger partial charge in [0.1, 0.15) is 64.0 Å². The third kappa shape index (κ3) is 21.3. The van der Waals surface area contributed by atoms with Crippen LogP contribution >= 0.6 is 11.3 Å². The second-order valence-electron chi connectivity index (χ2n) is 33.8. The normalized spacial score (nSPS) is 14.8. The maximum atomic E-state index is 12.9. The van der Waals surface area contributed by atoms with Crippen molar-refractivity contribution in [3.8, 4) is 66.6 Å². The van der Waals surface area contributed by atoms with E-state index in [1.165, 1.54) is 43.3 Å². The summed E-state index contributed by atoms with van der Waals surface area (Å²) in [6, 6.07) is 44.7. The molecule has 4 saturated heterocycles. The molecule has 17 aromatic rings. The first-order valence-corrected chi connectivity index (χ1v) is 45.8. The number of carbonyl (C=O) groups excluding carboxylic acids is 1. The van der Waals surface area contributed by atoms with Crippen molar-refractivity contribution in [2.45, 2.75) is 135 Å². The SMILES string of the molecule is CC(C)c1ccc(COn2ccc3ncc(-c4cnn(C5CCNCC5)c4)cc32)cc1.COC(=O)c1ccc(COn2ccc3ncc(-c4cnn(C5CCNCC5)c4)cc32)cc1OC.COc1cccc(COn2ccc3ncc(-c4cnn(C5CCNCC5)c4)cc32)c1.Cc1nc(-c2ccc(C(F)(F)F)cc2)sc1COn1ccc2ncc(-c3cnn(C4CCNCC4)c3)cc21. The van der Waals surface area contributed by atoms with E-state index in [9.17, 15) is 18.0 Å². The Morgan fingerprint density at radius 2 is 0.797 bits per heavy atom. The van der Waals surface area contributed by atoms with Gasteiger partial charge in [-0.1, -0.05) is 68.4 Å². The molecule has 0 saturated carbocycles. The lowest BCUT2D eigenvalue weighted by Crippen LogP contribution is -2.29. The number of nitrogens with one attached hydrogen (secondary N) is 4. The standard InChI is InChI=1S/C27H25F3N6OS.C25H27N5O4.C25H29N5O.C23H25N5O2/c1-17-25(38-26(34-17)18-2-4-21(5-3-18)27(28,29)30)16-37-36-11-8-23-24(36)12-19(13-32-23)20-14-33-35(15-20)22-6-9-31-10-7-22;1-32-24-11-17(3-4-21(24)25(31)33-2)16-34-30-10-7-22-23(30)12-18(13-27-22)19-14-28-29(15-19)20-5-8-26-9-6-20;1-18(2)20-5-3-19(4-6-20)17-31-30-12-9-24-25(30)13-21(14-27-24)22-15-28-29(16-22)23-7-10-26-11-8-23;1-29-21-4-2-3-17(11-21)16-30-28-10-7-22-23(28)12-18(13-25-22)19-14-26-27(15-19)20-5-8-24-9-6-20/h2-5,8,11-15,22,31H,6-7,9-10,16H2,1H3;3-4,7,10-15,20,26H,5-6,8-9,16H2,1-2H3;3-6,9,12-16,18,23,26H,7-8,10-11,17H2,1-2H3;2-4,7,10-15,20,24H,5-6,8-9,16H2,1H3. The van der Waals surface area contributed by atoms with Crippen LogP contribution in [0.15, 0.2) is 239 Å². The van der Waals surface area contributed by atoms with E-state index in [0.29, 0.717) is 71.8 Å². The Kier molecular flexibility index (Phi) is 27.8. The minimum atomic E-state index is -4.36. The van der Waals surface area contributed by atoms with E-state index in [1.807, 2.05) is 147 Å². The van der Waals surface area contributed by atoms with Gasteiger partial charge < -0.3 is 54.8 Å². The van der Waals surface area contributed by atoms with Crippen LogP contribution in [-0.4, -0.2) is 163 Å². The van der Waals surface area contributed by atoms with Crippen LogP contribution < -0.4 is 50.1 Å². The monoisotopic (exact) mass is 1820 g/mol. The molecule has 0 unspecified atom stereocenters.